The van der Waals surface area contributed by atoms with E-state index >= 15 is 0 Å². The van der Waals surface area contributed by atoms with Crippen molar-refractivity contribution < 1.29 is 4.39 Å². The minimum atomic E-state index is -0.465. The number of nitrogens with zero attached hydrogens (tertiary/aromatic N) is 6. The summed E-state index contributed by atoms with van der Waals surface area (Å²) in [5, 5.41) is 0. The average molecular weight is 454 g/mol. The van der Waals surface area contributed by atoms with Crippen LogP contribution in [0.3, 0.4) is 0 Å². The zero-order valence-corrected chi connectivity index (χ0v) is 19.1. The molecule has 4 aromatic rings. The monoisotopic (exact) mass is 453 g/mol. The van der Waals surface area contributed by atoms with Crippen molar-refractivity contribution in [2.75, 3.05) is 32.7 Å². The van der Waals surface area contributed by atoms with Gasteiger partial charge in [0, 0.05) is 64.2 Å². The van der Waals surface area contributed by atoms with Crippen molar-refractivity contribution in [3.63, 3.8) is 0 Å². The van der Waals surface area contributed by atoms with Gasteiger partial charge in [0.25, 0.3) is 5.56 Å². The van der Waals surface area contributed by atoms with Crippen molar-refractivity contribution in [1.82, 2.24) is 33.3 Å². The molecular formula is C23H28FN7O2. The number of H-pyrrole nitrogens is 1. The molecule has 0 bridgehead atoms. The number of imidazole rings is 2. The molecule has 0 radical (unpaired) electrons. The highest BCUT2D eigenvalue weighted by molar-refractivity contribution is 5.76. The summed E-state index contributed by atoms with van der Waals surface area (Å²) in [4.78, 5) is 36.4. The summed E-state index contributed by atoms with van der Waals surface area (Å²) < 4.78 is 18.5. The molecule has 174 valence electrons. The third-order valence-corrected chi connectivity index (χ3v) is 6.83. The highest BCUT2D eigenvalue weighted by Crippen LogP contribution is 2.20. The van der Waals surface area contributed by atoms with E-state index in [2.05, 4.69) is 24.3 Å². The fourth-order valence-electron chi connectivity index (χ4n) is 4.71. The Hall–Kier alpha value is -3.24. The molecule has 1 N–H and O–H groups in total. The number of piperazine rings is 1. The Kier molecular flexibility index (Phi) is 5.41. The van der Waals surface area contributed by atoms with Crippen LogP contribution in [-0.2, 0) is 20.1 Å². The molecule has 0 saturated carbocycles. The summed E-state index contributed by atoms with van der Waals surface area (Å²) in [6.07, 6.45) is 0. The van der Waals surface area contributed by atoms with Gasteiger partial charge in [0.2, 0.25) is 5.78 Å². The zero-order chi connectivity index (χ0) is 23.3. The molecule has 9 nitrogen and oxygen atoms in total. The number of rotatable bonds is 5. The van der Waals surface area contributed by atoms with Crippen LogP contribution in [0.25, 0.3) is 16.9 Å². The molecule has 33 heavy (non-hydrogen) atoms. The molecule has 3 aromatic heterocycles. The number of aromatic nitrogens is 5. The lowest BCUT2D eigenvalue weighted by Crippen LogP contribution is -2.46. The van der Waals surface area contributed by atoms with Crippen LogP contribution in [0.5, 0.6) is 0 Å². The minimum Gasteiger partial charge on any atom is -0.313 e. The lowest BCUT2D eigenvalue weighted by atomic mass is 10.2. The van der Waals surface area contributed by atoms with Crippen molar-refractivity contribution in [1.29, 1.82) is 0 Å². The Morgan fingerprint density at radius 3 is 2.33 bits per heavy atom. The zero-order valence-electron chi connectivity index (χ0n) is 19.1. The molecule has 1 aliphatic heterocycles. The maximum Gasteiger partial charge on any atom is 0.329 e. The summed E-state index contributed by atoms with van der Waals surface area (Å²) in [5.74, 6) is 0.479. The minimum absolute atomic E-state index is 0.203. The maximum atomic E-state index is 13.1. The third kappa shape index (κ3) is 3.79. The maximum absolute atomic E-state index is 13.1. The first-order valence-corrected chi connectivity index (χ1v) is 11.2. The highest BCUT2D eigenvalue weighted by atomic mass is 19.1. The number of aryl methyl sites for hydroxylation is 2. The molecular weight excluding hydrogens is 425 g/mol. The Morgan fingerprint density at radius 2 is 1.64 bits per heavy atom. The fraction of sp³-hybridized carbons (Fsp3) is 0.435. The van der Waals surface area contributed by atoms with Gasteiger partial charge < -0.3 is 4.57 Å². The molecule has 4 heterocycles. The third-order valence-electron chi connectivity index (χ3n) is 6.83. The molecule has 0 atom stereocenters. The van der Waals surface area contributed by atoms with Gasteiger partial charge in [-0.15, -0.1) is 0 Å². The van der Waals surface area contributed by atoms with E-state index in [9.17, 15) is 14.0 Å². The second-order valence-electron chi connectivity index (χ2n) is 8.80. The van der Waals surface area contributed by atoms with Gasteiger partial charge in [0.05, 0.1) is 0 Å². The Bertz CT molecular complexity index is 1440. The number of benzene rings is 1. The molecule has 0 amide bonds. The molecule has 1 saturated heterocycles. The van der Waals surface area contributed by atoms with E-state index in [1.54, 1.807) is 7.05 Å². The van der Waals surface area contributed by atoms with E-state index in [1.807, 2.05) is 30.4 Å². The quantitative estimate of drug-likeness (QED) is 0.492. The normalized spacial score (nSPS) is 15.8. The first-order chi connectivity index (χ1) is 15.8. The van der Waals surface area contributed by atoms with E-state index in [4.69, 9.17) is 0 Å². The molecule has 10 heteroatoms. The number of hydrogen-bond donors (Lipinski definition) is 1. The fourth-order valence-corrected chi connectivity index (χ4v) is 4.71. The molecule has 1 aromatic carbocycles. The van der Waals surface area contributed by atoms with E-state index in [-0.39, 0.29) is 5.82 Å². The Balaban J connectivity index is 1.31. The second kappa shape index (κ2) is 8.27. The molecule has 5 rings (SSSR count). The van der Waals surface area contributed by atoms with Gasteiger partial charge in [-0.25, -0.2) is 9.18 Å². The van der Waals surface area contributed by atoms with Gasteiger partial charge in [-0.1, -0.05) is 12.1 Å². The van der Waals surface area contributed by atoms with E-state index in [0.717, 1.165) is 62.8 Å². The number of aromatic amines is 1. The van der Waals surface area contributed by atoms with Gasteiger partial charge in [0.15, 0.2) is 11.2 Å². The predicted octanol–water partition coefficient (Wildman–Crippen LogP) is 1.25. The SMILES string of the molecule is Cc1c(C)n2c3c(=O)[nH]c(=O)n(C)c3nc2n1CCN1CCN(Cc2ccc(F)cc2)CC1. The topological polar surface area (TPSA) is 83.6 Å². The number of hydrogen-bond acceptors (Lipinski definition) is 5. The van der Waals surface area contributed by atoms with Crippen molar-refractivity contribution in [3.05, 3.63) is 67.9 Å². The van der Waals surface area contributed by atoms with Crippen LogP contribution in [-0.4, -0.2) is 66.0 Å². The van der Waals surface area contributed by atoms with Gasteiger partial charge in [-0.2, -0.15) is 4.98 Å². The smallest absolute Gasteiger partial charge is 0.313 e. The molecule has 0 spiro atoms. The lowest BCUT2D eigenvalue weighted by molar-refractivity contribution is 0.124. The van der Waals surface area contributed by atoms with E-state index in [1.165, 1.54) is 16.7 Å². The van der Waals surface area contributed by atoms with Crippen molar-refractivity contribution in [3.8, 4) is 0 Å². The summed E-state index contributed by atoms with van der Waals surface area (Å²) in [7, 11) is 1.62. The number of halogens is 1. The Morgan fingerprint density at radius 1 is 0.970 bits per heavy atom. The van der Waals surface area contributed by atoms with Crippen LogP contribution in [0, 0.1) is 19.7 Å². The predicted molar refractivity (Wildman–Crippen MR) is 124 cm³/mol. The first kappa shape index (κ1) is 21.6. The van der Waals surface area contributed by atoms with Crippen molar-refractivity contribution in [2.45, 2.75) is 26.9 Å². The van der Waals surface area contributed by atoms with Crippen LogP contribution in [0.1, 0.15) is 17.0 Å². The van der Waals surface area contributed by atoms with Crippen LogP contribution < -0.4 is 11.2 Å². The van der Waals surface area contributed by atoms with Gasteiger partial charge in [0.1, 0.15) is 5.82 Å². The Labute approximate surface area is 189 Å². The molecule has 1 fully saturated rings. The van der Waals surface area contributed by atoms with E-state index in [0.29, 0.717) is 16.9 Å². The lowest BCUT2D eigenvalue weighted by Gasteiger charge is -2.34. The van der Waals surface area contributed by atoms with Crippen LogP contribution in [0.15, 0.2) is 33.9 Å². The van der Waals surface area contributed by atoms with Crippen LogP contribution in [0.4, 0.5) is 4.39 Å². The second-order valence-corrected chi connectivity index (χ2v) is 8.80. The van der Waals surface area contributed by atoms with Gasteiger partial charge in [-0.05, 0) is 31.5 Å². The average Bonchev–Trinajstić information content (AvgIpc) is 3.30. The van der Waals surface area contributed by atoms with Gasteiger partial charge in [-0.3, -0.25) is 28.5 Å². The van der Waals surface area contributed by atoms with Crippen LogP contribution >= 0.6 is 0 Å². The van der Waals surface area contributed by atoms with Gasteiger partial charge >= 0.3 is 5.69 Å². The summed E-state index contributed by atoms with van der Waals surface area (Å²) in [6.45, 7) is 10.3. The van der Waals surface area contributed by atoms with Crippen LogP contribution in [0.2, 0.25) is 0 Å². The summed E-state index contributed by atoms with van der Waals surface area (Å²) in [5.41, 5.74) is 3.04. The molecule has 0 unspecified atom stereocenters. The van der Waals surface area contributed by atoms with E-state index < -0.39 is 11.2 Å². The highest BCUT2D eigenvalue weighted by Gasteiger charge is 2.22. The number of nitrogens with one attached hydrogen (secondary N) is 1. The van der Waals surface area contributed by atoms with Crippen molar-refractivity contribution in [2.24, 2.45) is 7.05 Å². The largest absolute Gasteiger partial charge is 0.329 e. The molecule has 1 aliphatic rings. The molecule has 0 aliphatic carbocycles. The standard InChI is InChI=1S/C23H28FN7O2/c1-15-16(2)31-19-20(27(3)23(33)26-21(19)32)25-22(31)30(15)13-12-28-8-10-29(11-9-28)14-17-4-6-18(24)7-5-17/h4-7H,8-14H2,1-3H3,(H,26,32,33). The van der Waals surface area contributed by atoms with Crippen molar-refractivity contribution >= 4 is 16.9 Å². The summed E-state index contributed by atoms with van der Waals surface area (Å²) >= 11 is 0. The first-order valence-electron chi connectivity index (χ1n) is 11.2. The number of fused-ring (bicyclic) bond motifs is 3. The summed E-state index contributed by atoms with van der Waals surface area (Å²) in [6, 6.07) is 6.72.